The molecule has 4 nitrogen and oxygen atoms in total. The van der Waals surface area contributed by atoms with E-state index in [4.69, 9.17) is 9.47 Å². The molecule has 0 aromatic heterocycles. The fourth-order valence-corrected chi connectivity index (χ4v) is 5.65. The molecule has 1 unspecified atom stereocenters. The smallest absolute Gasteiger partial charge is 0.306 e. The maximum absolute atomic E-state index is 12.2. The van der Waals surface area contributed by atoms with Gasteiger partial charge in [-0.15, -0.1) is 0 Å². The van der Waals surface area contributed by atoms with Crippen molar-refractivity contribution in [1.82, 2.24) is 0 Å². The first-order chi connectivity index (χ1) is 28.2. The van der Waals surface area contributed by atoms with E-state index in [1.807, 2.05) is 0 Å². The molecule has 0 radical (unpaired) electrons. The van der Waals surface area contributed by atoms with E-state index < -0.39 is 6.10 Å². The zero-order chi connectivity index (χ0) is 41.2. The van der Waals surface area contributed by atoms with Gasteiger partial charge in [-0.3, -0.25) is 4.79 Å². The molecule has 57 heavy (non-hydrogen) atoms. The van der Waals surface area contributed by atoms with Crippen LogP contribution in [0.1, 0.15) is 168 Å². The molecule has 0 aliphatic carbocycles. The van der Waals surface area contributed by atoms with Crippen LogP contribution in [0.4, 0.5) is 0 Å². The van der Waals surface area contributed by atoms with Gasteiger partial charge in [-0.05, 0) is 109 Å². The van der Waals surface area contributed by atoms with Crippen LogP contribution in [-0.4, -0.2) is 37.0 Å². The molecule has 0 amide bonds. The lowest BCUT2D eigenvalue weighted by atomic mass is 10.1. The Hall–Kier alpha value is -3.47. The van der Waals surface area contributed by atoms with E-state index in [9.17, 15) is 9.90 Å². The summed E-state index contributed by atoms with van der Waals surface area (Å²) in [5, 5.41) is 9.62. The molecular formula is C53H84O4. The fraction of sp³-hybridized carbons (Fsp3) is 0.566. The van der Waals surface area contributed by atoms with Crippen LogP contribution >= 0.6 is 0 Å². The number of allylic oxidation sites excluding steroid dienone is 22. The Kier molecular flexibility index (Phi) is 45.7. The van der Waals surface area contributed by atoms with Gasteiger partial charge in [-0.25, -0.2) is 0 Å². The van der Waals surface area contributed by atoms with Gasteiger partial charge >= 0.3 is 5.97 Å². The molecule has 0 spiro atoms. The van der Waals surface area contributed by atoms with Crippen molar-refractivity contribution in [2.45, 2.75) is 174 Å². The predicted octanol–water partition coefficient (Wildman–Crippen LogP) is 15.4. The summed E-state index contributed by atoms with van der Waals surface area (Å²) in [6, 6.07) is 0. The number of esters is 1. The van der Waals surface area contributed by atoms with Crippen LogP contribution in [0.5, 0.6) is 0 Å². The zero-order valence-electron chi connectivity index (χ0n) is 36.5. The molecule has 0 rings (SSSR count). The third-order valence-electron chi connectivity index (χ3n) is 8.97. The minimum atomic E-state index is -0.570. The Balaban J connectivity index is 3.61. The van der Waals surface area contributed by atoms with Gasteiger partial charge in [0.2, 0.25) is 0 Å². The second kappa shape index (κ2) is 48.7. The summed E-state index contributed by atoms with van der Waals surface area (Å²) in [6.45, 7) is 5.03. The minimum absolute atomic E-state index is 0.200. The molecular weight excluding hydrogens is 701 g/mol. The Morgan fingerprint density at radius 3 is 1.11 bits per heavy atom. The van der Waals surface area contributed by atoms with Crippen molar-refractivity contribution in [2.24, 2.45) is 0 Å². The highest BCUT2D eigenvalue weighted by Crippen LogP contribution is 2.10. The van der Waals surface area contributed by atoms with Gasteiger partial charge in [0.05, 0.1) is 13.2 Å². The number of carbonyl (C=O) groups excluding carboxylic acids is 1. The lowest BCUT2D eigenvalue weighted by Gasteiger charge is -2.15. The van der Waals surface area contributed by atoms with E-state index in [1.165, 1.54) is 38.5 Å². The van der Waals surface area contributed by atoms with E-state index in [1.54, 1.807) is 0 Å². The average Bonchev–Trinajstić information content (AvgIpc) is 3.22. The maximum atomic E-state index is 12.2. The van der Waals surface area contributed by atoms with E-state index in [2.05, 4.69) is 148 Å². The molecule has 0 heterocycles. The van der Waals surface area contributed by atoms with Crippen LogP contribution in [0.15, 0.2) is 134 Å². The van der Waals surface area contributed by atoms with Crippen molar-refractivity contribution in [3.63, 3.8) is 0 Å². The predicted molar refractivity (Wildman–Crippen MR) is 250 cm³/mol. The van der Waals surface area contributed by atoms with Gasteiger partial charge < -0.3 is 14.6 Å². The van der Waals surface area contributed by atoms with Gasteiger partial charge in [0.1, 0.15) is 6.10 Å². The summed E-state index contributed by atoms with van der Waals surface area (Å²) in [7, 11) is 0. The van der Waals surface area contributed by atoms with Crippen LogP contribution in [0.25, 0.3) is 0 Å². The quantitative estimate of drug-likeness (QED) is 0.0382. The molecule has 0 fully saturated rings. The van der Waals surface area contributed by atoms with Gasteiger partial charge in [0.15, 0.2) is 0 Å². The molecule has 0 aromatic carbocycles. The highest BCUT2D eigenvalue weighted by atomic mass is 16.6. The van der Waals surface area contributed by atoms with Gasteiger partial charge in [-0.2, -0.15) is 0 Å². The van der Waals surface area contributed by atoms with Crippen molar-refractivity contribution in [1.29, 1.82) is 0 Å². The number of ether oxygens (including phenoxy) is 2. The Morgan fingerprint density at radius 2 is 0.737 bits per heavy atom. The van der Waals surface area contributed by atoms with E-state index in [0.717, 1.165) is 109 Å². The molecule has 4 heteroatoms. The topological polar surface area (TPSA) is 55.8 Å². The molecule has 1 atom stereocenters. The van der Waals surface area contributed by atoms with E-state index in [-0.39, 0.29) is 19.2 Å². The second-order valence-corrected chi connectivity index (χ2v) is 14.4. The molecule has 0 saturated carbocycles. The van der Waals surface area contributed by atoms with Gasteiger partial charge in [-0.1, -0.05) is 186 Å². The fourth-order valence-electron chi connectivity index (χ4n) is 5.65. The summed E-state index contributed by atoms with van der Waals surface area (Å²) < 4.78 is 11.1. The summed E-state index contributed by atoms with van der Waals surface area (Å²) in [6.07, 6.45) is 73.7. The number of aliphatic hydroxyl groups is 1. The monoisotopic (exact) mass is 785 g/mol. The highest BCUT2D eigenvalue weighted by molar-refractivity contribution is 5.69. The standard InChI is InChI=1S/C53H84O4/c1-3-5-7-9-11-13-15-17-19-21-23-25-26-27-28-29-30-32-34-36-38-40-42-44-46-48-53(55)57-52(50-54)51-56-49-47-45-43-41-39-37-35-33-31-24-22-20-18-16-14-12-10-8-6-4-2/h5-8,11-14,17-20,23-25,27-28,30-32,36,38,52,54H,3-4,9-10,15-16,21-22,26,29,33-35,37,39-51H2,1-2H3/b7-5-,8-6-,13-11-,14-12-,19-17-,20-18-,25-23-,28-27-,31-24-,32-30-,38-36-. The first kappa shape index (κ1) is 53.5. The number of hydrogen-bond acceptors (Lipinski definition) is 4. The molecule has 0 saturated heterocycles. The first-order valence-corrected chi connectivity index (χ1v) is 22.8. The Bertz CT molecular complexity index is 1190. The van der Waals surface area contributed by atoms with Gasteiger partial charge in [0.25, 0.3) is 0 Å². The minimum Gasteiger partial charge on any atom is -0.457 e. The lowest BCUT2D eigenvalue weighted by molar-refractivity contribution is -0.154. The molecule has 0 aromatic rings. The lowest BCUT2D eigenvalue weighted by Crippen LogP contribution is -2.27. The Labute approximate surface area is 351 Å². The van der Waals surface area contributed by atoms with Crippen molar-refractivity contribution in [3.8, 4) is 0 Å². The molecule has 320 valence electrons. The van der Waals surface area contributed by atoms with E-state index in [0.29, 0.717) is 13.0 Å². The molecule has 0 bridgehead atoms. The SMILES string of the molecule is CC/C=C\C/C=C\C/C=C\C/C=C\C/C=C\C/C=C\C/C=C\CCCCCC(=O)OC(CO)COCCCCCCCCC/C=C\C/C=C\C/C=C\C/C=C\CC. The number of aliphatic hydroxyl groups excluding tert-OH is 1. The van der Waals surface area contributed by atoms with Crippen LogP contribution < -0.4 is 0 Å². The molecule has 0 aliphatic heterocycles. The van der Waals surface area contributed by atoms with Crippen molar-refractivity contribution >= 4 is 5.97 Å². The van der Waals surface area contributed by atoms with Crippen LogP contribution in [0, 0.1) is 0 Å². The van der Waals surface area contributed by atoms with E-state index >= 15 is 0 Å². The van der Waals surface area contributed by atoms with Crippen molar-refractivity contribution in [3.05, 3.63) is 134 Å². The number of unbranched alkanes of at least 4 members (excludes halogenated alkanes) is 10. The van der Waals surface area contributed by atoms with Crippen LogP contribution in [-0.2, 0) is 14.3 Å². The Morgan fingerprint density at radius 1 is 0.421 bits per heavy atom. The molecule has 1 N–H and O–H groups in total. The van der Waals surface area contributed by atoms with Crippen LogP contribution in [0.3, 0.4) is 0 Å². The highest BCUT2D eigenvalue weighted by Gasteiger charge is 2.13. The third kappa shape index (κ3) is 46.8. The second-order valence-electron chi connectivity index (χ2n) is 14.4. The average molecular weight is 785 g/mol. The summed E-state index contributed by atoms with van der Waals surface area (Å²) in [5.41, 5.74) is 0. The van der Waals surface area contributed by atoms with Crippen molar-refractivity contribution in [2.75, 3.05) is 19.8 Å². The number of hydrogen-bond donors (Lipinski definition) is 1. The number of rotatable bonds is 40. The summed E-state index contributed by atoms with van der Waals surface area (Å²) in [5.74, 6) is -0.243. The van der Waals surface area contributed by atoms with Crippen molar-refractivity contribution < 1.29 is 19.4 Å². The zero-order valence-corrected chi connectivity index (χ0v) is 36.5. The largest absolute Gasteiger partial charge is 0.457 e. The van der Waals surface area contributed by atoms with Gasteiger partial charge in [0, 0.05) is 13.0 Å². The number of carbonyl (C=O) groups is 1. The molecule has 0 aliphatic rings. The third-order valence-corrected chi connectivity index (χ3v) is 8.97. The summed E-state index contributed by atoms with van der Waals surface area (Å²) >= 11 is 0. The normalized spacial score (nSPS) is 13.7. The van der Waals surface area contributed by atoms with Crippen LogP contribution in [0.2, 0.25) is 0 Å². The maximum Gasteiger partial charge on any atom is 0.306 e. The first-order valence-electron chi connectivity index (χ1n) is 22.8. The summed E-state index contributed by atoms with van der Waals surface area (Å²) in [4.78, 5) is 12.2.